The maximum absolute atomic E-state index is 13.3. The van der Waals surface area contributed by atoms with Crippen LogP contribution in [-0.2, 0) is 4.74 Å². The number of rotatable bonds is 4. The number of halogens is 1. The van der Waals surface area contributed by atoms with Gasteiger partial charge in [0.2, 0.25) is 5.88 Å². The number of aromatic amines is 1. The molecule has 5 rings (SSSR count). The van der Waals surface area contributed by atoms with E-state index in [4.69, 9.17) is 9.47 Å². The Kier molecular flexibility index (Phi) is 3.83. The SMILES string of the molecule is Fc1cnc2c(Nc3ccc4c(O[C@H]5CCOC5)nccc4c3)n[nH]c2c1. The lowest BCUT2D eigenvalue weighted by Gasteiger charge is -2.13. The number of nitrogens with one attached hydrogen (secondary N) is 2. The summed E-state index contributed by atoms with van der Waals surface area (Å²) in [4.78, 5) is 8.46. The molecule has 0 spiro atoms. The van der Waals surface area contributed by atoms with E-state index in [-0.39, 0.29) is 6.10 Å². The zero-order valence-corrected chi connectivity index (χ0v) is 14.3. The molecule has 4 heterocycles. The number of nitrogens with zero attached hydrogens (tertiary/aromatic N) is 3. The molecule has 8 heteroatoms. The Hall–Kier alpha value is -3.26. The van der Waals surface area contributed by atoms with Gasteiger partial charge in [-0.05, 0) is 29.7 Å². The molecule has 0 aliphatic carbocycles. The lowest BCUT2D eigenvalue weighted by molar-refractivity contribution is 0.139. The summed E-state index contributed by atoms with van der Waals surface area (Å²) < 4.78 is 24.6. The van der Waals surface area contributed by atoms with Crippen LogP contribution in [0.4, 0.5) is 15.9 Å². The van der Waals surface area contributed by atoms with Crippen molar-refractivity contribution in [2.45, 2.75) is 12.5 Å². The molecular weight excluding hydrogens is 349 g/mol. The number of benzene rings is 1. The van der Waals surface area contributed by atoms with E-state index in [2.05, 4.69) is 25.5 Å². The molecule has 1 aliphatic rings. The van der Waals surface area contributed by atoms with Gasteiger partial charge in [-0.1, -0.05) is 0 Å². The van der Waals surface area contributed by atoms with E-state index in [0.717, 1.165) is 29.5 Å². The second-order valence-corrected chi connectivity index (χ2v) is 6.40. The fourth-order valence-electron chi connectivity index (χ4n) is 3.19. The van der Waals surface area contributed by atoms with Crippen LogP contribution in [0.5, 0.6) is 5.88 Å². The molecule has 0 unspecified atom stereocenters. The number of H-pyrrole nitrogens is 1. The fraction of sp³-hybridized carbons (Fsp3) is 0.211. The van der Waals surface area contributed by atoms with Crippen molar-refractivity contribution < 1.29 is 13.9 Å². The Balaban J connectivity index is 1.45. The van der Waals surface area contributed by atoms with Gasteiger partial charge in [0, 0.05) is 29.8 Å². The number of ether oxygens (including phenoxy) is 2. The van der Waals surface area contributed by atoms with Crippen molar-refractivity contribution in [1.82, 2.24) is 20.2 Å². The number of fused-ring (bicyclic) bond motifs is 2. The predicted octanol–water partition coefficient (Wildman–Crippen LogP) is 3.56. The molecule has 3 aromatic heterocycles. The molecular formula is C19H16FN5O2. The van der Waals surface area contributed by atoms with E-state index < -0.39 is 5.82 Å². The van der Waals surface area contributed by atoms with Gasteiger partial charge in [0.25, 0.3) is 0 Å². The third-order valence-electron chi connectivity index (χ3n) is 4.52. The van der Waals surface area contributed by atoms with E-state index in [1.165, 1.54) is 12.3 Å². The summed E-state index contributed by atoms with van der Waals surface area (Å²) in [5.41, 5.74) is 1.96. The molecule has 1 aliphatic heterocycles. The Morgan fingerprint density at radius 1 is 1.22 bits per heavy atom. The predicted molar refractivity (Wildman–Crippen MR) is 98.7 cm³/mol. The van der Waals surface area contributed by atoms with Crippen LogP contribution < -0.4 is 10.1 Å². The highest BCUT2D eigenvalue weighted by Gasteiger charge is 2.19. The molecule has 1 saturated heterocycles. The van der Waals surface area contributed by atoms with Crippen molar-refractivity contribution in [3.63, 3.8) is 0 Å². The van der Waals surface area contributed by atoms with Crippen LogP contribution in [0.25, 0.3) is 21.8 Å². The summed E-state index contributed by atoms with van der Waals surface area (Å²) in [6, 6.07) is 9.15. The molecule has 1 atom stereocenters. The highest BCUT2D eigenvalue weighted by Crippen LogP contribution is 2.29. The van der Waals surface area contributed by atoms with E-state index >= 15 is 0 Å². The van der Waals surface area contributed by atoms with Gasteiger partial charge in [-0.25, -0.2) is 14.4 Å². The summed E-state index contributed by atoms with van der Waals surface area (Å²) in [6.45, 7) is 1.32. The second-order valence-electron chi connectivity index (χ2n) is 6.40. The average Bonchev–Trinajstić information content (AvgIpc) is 3.32. The number of pyridine rings is 2. The second kappa shape index (κ2) is 6.48. The van der Waals surface area contributed by atoms with Gasteiger partial charge in [0.05, 0.1) is 24.9 Å². The number of anilines is 2. The van der Waals surface area contributed by atoms with Gasteiger partial charge >= 0.3 is 0 Å². The summed E-state index contributed by atoms with van der Waals surface area (Å²) in [5, 5.41) is 12.1. The average molecular weight is 365 g/mol. The molecule has 4 aromatic rings. The first-order valence-corrected chi connectivity index (χ1v) is 8.66. The first-order chi connectivity index (χ1) is 13.3. The highest BCUT2D eigenvalue weighted by atomic mass is 19.1. The van der Waals surface area contributed by atoms with Gasteiger partial charge in [-0.3, -0.25) is 5.10 Å². The van der Waals surface area contributed by atoms with Crippen LogP contribution in [0.15, 0.2) is 42.7 Å². The van der Waals surface area contributed by atoms with Crippen LogP contribution >= 0.6 is 0 Å². The lowest BCUT2D eigenvalue weighted by Crippen LogP contribution is -2.16. The van der Waals surface area contributed by atoms with Gasteiger partial charge in [0.1, 0.15) is 17.4 Å². The minimum Gasteiger partial charge on any atom is -0.471 e. The van der Waals surface area contributed by atoms with Crippen molar-refractivity contribution in [3.05, 3.63) is 48.5 Å². The van der Waals surface area contributed by atoms with Gasteiger partial charge < -0.3 is 14.8 Å². The van der Waals surface area contributed by atoms with Crippen molar-refractivity contribution in [3.8, 4) is 5.88 Å². The van der Waals surface area contributed by atoms with Gasteiger partial charge in [-0.2, -0.15) is 5.10 Å². The quantitative estimate of drug-likeness (QED) is 0.575. The van der Waals surface area contributed by atoms with Crippen molar-refractivity contribution >= 4 is 33.3 Å². The van der Waals surface area contributed by atoms with Crippen LogP contribution in [-0.4, -0.2) is 39.5 Å². The minimum absolute atomic E-state index is 0.0443. The van der Waals surface area contributed by atoms with E-state index in [0.29, 0.717) is 29.3 Å². The van der Waals surface area contributed by atoms with Crippen LogP contribution in [0.3, 0.4) is 0 Å². The monoisotopic (exact) mass is 365 g/mol. The zero-order valence-electron chi connectivity index (χ0n) is 14.3. The van der Waals surface area contributed by atoms with Gasteiger partial charge in [-0.15, -0.1) is 0 Å². The minimum atomic E-state index is -0.406. The van der Waals surface area contributed by atoms with E-state index in [1.54, 1.807) is 6.20 Å². The van der Waals surface area contributed by atoms with Crippen LogP contribution in [0.2, 0.25) is 0 Å². The zero-order chi connectivity index (χ0) is 18.2. The number of hydrogen-bond donors (Lipinski definition) is 2. The molecule has 136 valence electrons. The highest BCUT2D eigenvalue weighted by molar-refractivity contribution is 5.92. The first-order valence-electron chi connectivity index (χ1n) is 8.66. The molecule has 7 nitrogen and oxygen atoms in total. The largest absolute Gasteiger partial charge is 0.471 e. The topological polar surface area (TPSA) is 85.0 Å². The van der Waals surface area contributed by atoms with Crippen molar-refractivity contribution in [2.75, 3.05) is 18.5 Å². The summed E-state index contributed by atoms with van der Waals surface area (Å²) in [5.74, 6) is 0.742. The molecule has 0 amide bonds. The number of hydrogen-bond acceptors (Lipinski definition) is 6. The third-order valence-corrected chi connectivity index (χ3v) is 4.52. The number of aromatic nitrogens is 4. The Morgan fingerprint density at radius 3 is 3.07 bits per heavy atom. The normalized spacial score (nSPS) is 16.9. The standard InChI is InChI=1S/C19H16FN5O2/c20-12-8-16-17(22-9-12)18(25-24-16)23-13-1-2-15-11(7-13)3-5-21-19(15)27-14-4-6-26-10-14/h1-3,5,7-9,14H,4,6,10H2,(H2,23,24,25)/t14-/m0/s1. The van der Waals surface area contributed by atoms with Gasteiger partial charge in [0.15, 0.2) is 5.82 Å². The molecule has 27 heavy (non-hydrogen) atoms. The molecule has 1 aromatic carbocycles. The van der Waals surface area contributed by atoms with Crippen LogP contribution in [0.1, 0.15) is 6.42 Å². The Labute approximate surface area is 153 Å². The fourth-order valence-corrected chi connectivity index (χ4v) is 3.19. The summed E-state index contributed by atoms with van der Waals surface area (Å²) >= 11 is 0. The summed E-state index contributed by atoms with van der Waals surface area (Å²) in [6.07, 6.45) is 3.82. The third kappa shape index (κ3) is 3.04. The molecule has 2 N–H and O–H groups in total. The first kappa shape index (κ1) is 16.0. The summed E-state index contributed by atoms with van der Waals surface area (Å²) in [7, 11) is 0. The van der Waals surface area contributed by atoms with Crippen molar-refractivity contribution in [2.24, 2.45) is 0 Å². The van der Waals surface area contributed by atoms with Crippen molar-refractivity contribution in [1.29, 1.82) is 0 Å². The van der Waals surface area contributed by atoms with Crippen LogP contribution in [0, 0.1) is 5.82 Å². The molecule has 0 saturated carbocycles. The molecule has 0 radical (unpaired) electrons. The lowest BCUT2D eigenvalue weighted by atomic mass is 10.1. The smallest absolute Gasteiger partial charge is 0.221 e. The Bertz CT molecular complexity index is 1120. The molecule has 1 fully saturated rings. The van der Waals surface area contributed by atoms with E-state index in [1.807, 2.05) is 24.3 Å². The maximum atomic E-state index is 13.3. The van der Waals surface area contributed by atoms with E-state index in [9.17, 15) is 4.39 Å². The molecule has 0 bridgehead atoms. The Morgan fingerprint density at radius 2 is 2.19 bits per heavy atom. The maximum Gasteiger partial charge on any atom is 0.221 e.